The molecule has 0 aliphatic carbocycles. The second-order valence-electron chi connectivity index (χ2n) is 4.49. The fourth-order valence-electron chi connectivity index (χ4n) is 2.26. The molecule has 2 aromatic heterocycles. The molecule has 7 N–H and O–H groups in total. The first-order valence-corrected chi connectivity index (χ1v) is 5.84. The van der Waals surface area contributed by atoms with Crippen molar-refractivity contribution >= 4 is 17.0 Å². The third kappa shape index (κ3) is 1.75. The fourth-order valence-corrected chi connectivity index (χ4v) is 2.26. The van der Waals surface area contributed by atoms with Gasteiger partial charge in [-0.3, -0.25) is 4.57 Å². The van der Waals surface area contributed by atoms with E-state index in [0.29, 0.717) is 11.2 Å². The lowest BCUT2D eigenvalue weighted by Gasteiger charge is -2.15. The molecule has 1 saturated heterocycles. The van der Waals surface area contributed by atoms with Crippen LogP contribution in [0.2, 0.25) is 0 Å². The zero-order valence-corrected chi connectivity index (χ0v) is 10.0. The van der Waals surface area contributed by atoms with E-state index in [2.05, 4.69) is 20.7 Å². The molecule has 102 valence electrons. The van der Waals surface area contributed by atoms with Gasteiger partial charge in [-0.15, -0.1) is 0 Å². The number of hydrogen-bond donors (Lipinski definition) is 4. The molecule has 3 rings (SSSR count). The van der Waals surface area contributed by atoms with Gasteiger partial charge in [0, 0.05) is 0 Å². The molecule has 0 aromatic carbocycles. The number of quaternary nitrogens is 1. The van der Waals surface area contributed by atoms with Gasteiger partial charge in [0.15, 0.2) is 23.8 Å². The van der Waals surface area contributed by atoms with Crippen LogP contribution in [0, 0.1) is 0 Å². The molecule has 0 amide bonds. The van der Waals surface area contributed by atoms with Crippen LogP contribution in [0.15, 0.2) is 12.7 Å². The van der Waals surface area contributed by atoms with Crippen molar-refractivity contribution < 1.29 is 20.7 Å². The first kappa shape index (κ1) is 12.2. The monoisotopic (exact) mass is 267 g/mol. The van der Waals surface area contributed by atoms with Crippen LogP contribution in [-0.4, -0.2) is 54.6 Å². The van der Waals surface area contributed by atoms with Crippen molar-refractivity contribution in [1.29, 1.82) is 0 Å². The van der Waals surface area contributed by atoms with Crippen LogP contribution in [0.25, 0.3) is 11.2 Å². The summed E-state index contributed by atoms with van der Waals surface area (Å²) in [5, 5.41) is 19.3. The summed E-state index contributed by atoms with van der Waals surface area (Å²) in [4.78, 5) is 12.1. The molecular formula is C10H15N6O3+. The van der Waals surface area contributed by atoms with E-state index in [4.69, 9.17) is 10.5 Å². The fraction of sp³-hybridized carbons (Fsp3) is 0.500. The molecule has 2 aromatic rings. The first-order chi connectivity index (χ1) is 9.13. The van der Waals surface area contributed by atoms with E-state index in [1.807, 2.05) is 0 Å². The maximum absolute atomic E-state index is 10.1. The van der Waals surface area contributed by atoms with Gasteiger partial charge in [0.1, 0.15) is 24.0 Å². The van der Waals surface area contributed by atoms with Crippen LogP contribution in [0.3, 0.4) is 0 Å². The molecule has 1 aliphatic rings. The summed E-state index contributed by atoms with van der Waals surface area (Å²) in [5.74, 6) is 0.265. The summed E-state index contributed by atoms with van der Waals surface area (Å²) >= 11 is 0. The number of nitrogens with two attached hydrogens (primary N) is 1. The van der Waals surface area contributed by atoms with E-state index in [1.165, 1.54) is 12.7 Å². The second-order valence-corrected chi connectivity index (χ2v) is 4.49. The average Bonchev–Trinajstić information content (AvgIpc) is 2.94. The summed E-state index contributed by atoms with van der Waals surface area (Å²) < 4.78 is 7.16. The summed E-state index contributed by atoms with van der Waals surface area (Å²) in [5.41, 5.74) is 10.4. The van der Waals surface area contributed by atoms with Gasteiger partial charge in [-0.1, -0.05) is 0 Å². The predicted octanol–water partition coefficient (Wildman–Crippen LogP) is -2.73. The lowest BCUT2D eigenvalue weighted by molar-refractivity contribution is -0.441. The van der Waals surface area contributed by atoms with Crippen LogP contribution in [0.4, 0.5) is 5.82 Å². The molecule has 3 heterocycles. The lowest BCUT2D eigenvalue weighted by Crippen LogP contribution is -2.69. The maximum Gasteiger partial charge on any atom is 0.169 e. The van der Waals surface area contributed by atoms with Crippen molar-refractivity contribution in [2.24, 2.45) is 0 Å². The molecule has 19 heavy (non-hydrogen) atoms. The Kier molecular flexibility index (Phi) is 2.82. The second kappa shape index (κ2) is 4.38. The summed E-state index contributed by atoms with van der Waals surface area (Å²) in [6.07, 6.45) is 0.736. The molecule has 0 radical (unpaired) electrons. The quantitative estimate of drug-likeness (QED) is 0.461. The van der Waals surface area contributed by atoms with E-state index in [1.54, 1.807) is 4.57 Å². The van der Waals surface area contributed by atoms with E-state index in [0.717, 1.165) is 0 Å². The highest BCUT2D eigenvalue weighted by Crippen LogP contribution is 2.30. The maximum atomic E-state index is 10.1. The molecule has 0 saturated carbocycles. The summed E-state index contributed by atoms with van der Waals surface area (Å²) in [7, 11) is 0. The van der Waals surface area contributed by atoms with Crippen molar-refractivity contribution in [2.75, 3.05) is 12.3 Å². The van der Waals surface area contributed by atoms with Crippen LogP contribution < -0.4 is 11.5 Å². The van der Waals surface area contributed by atoms with Crippen LogP contribution in [0.5, 0.6) is 0 Å². The number of ether oxygens (including phenoxy) is 1. The smallest absolute Gasteiger partial charge is 0.169 e. The van der Waals surface area contributed by atoms with Crippen molar-refractivity contribution in [1.82, 2.24) is 19.5 Å². The number of nitrogen functional groups attached to an aromatic ring is 1. The van der Waals surface area contributed by atoms with Crippen molar-refractivity contribution in [2.45, 2.75) is 24.5 Å². The zero-order chi connectivity index (χ0) is 13.6. The molecule has 9 heteroatoms. The third-order valence-corrected chi connectivity index (χ3v) is 3.36. The number of nitrogens with zero attached hydrogens (tertiary/aromatic N) is 4. The van der Waals surface area contributed by atoms with Gasteiger partial charge in [0.05, 0.1) is 12.9 Å². The summed E-state index contributed by atoms with van der Waals surface area (Å²) in [6, 6.07) is -0.424. The lowest BCUT2D eigenvalue weighted by atomic mass is 10.1. The van der Waals surface area contributed by atoms with E-state index in [9.17, 15) is 10.2 Å². The Labute approximate surface area is 107 Å². The number of aliphatic hydroxyl groups is 2. The Balaban J connectivity index is 2.04. The number of imidazole rings is 1. The molecule has 0 unspecified atom stereocenters. The number of rotatable bonds is 2. The Hall–Kier alpha value is -1.81. The number of aromatic nitrogens is 4. The minimum atomic E-state index is -0.856. The van der Waals surface area contributed by atoms with Crippen molar-refractivity contribution in [3.05, 3.63) is 12.7 Å². The van der Waals surface area contributed by atoms with E-state index < -0.39 is 24.5 Å². The van der Waals surface area contributed by atoms with Crippen molar-refractivity contribution in [3.63, 3.8) is 0 Å². The zero-order valence-electron chi connectivity index (χ0n) is 10.0. The van der Waals surface area contributed by atoms with Gasteiger partial charge >= 0.3 is 0 Å². The molecular weight excluding hydrogens is 252 g/mol. The number of aliphatic hydroxyl groups excluding tert-OH is 2. The highest BCUT2D eigenvalue weighted by molar-refractivity contribution is 5.81. The van der Waals surface area contributed by atoms with Crippen LogP contribution in [0.1, 0.15) is 6.23 Å². The number of hydrogen-bond acceptors (Lipinski definition) is 7. The Morgan fingerprint density at radius 1 is 1.42 bits per heavy atom. The largest absolute Gasteiger partial charge is 0.393 e. The molecule has 0 bridgehead atoms. The van der Waals surface area contributed by atoms with Gasteiger partial charge in [-0.25, -0.2) is 15.0 Å². The minimum Gasteiger partial charge on any atom is -0.393 e. The average molecular weight is 267 g/mol. The molecule has 0 spiro atoms. The SMILES string of the molecule is Nc1ncnc2c1ncn2[C@@H]1O[C@H](CO)[C@@H]([NH3+])[C@H]1O. The number of anilines is 1. The van der Waals surface area contributed by atoms with Gasteiger partial charge in [-0.2, -0.15) is 0 Å². The minimum absolute atomic E-state index is 0.203. The Bertz CT molecular complexity index is 602. The van der Waals surface area contributed by atoms with Gasteiger partial charge < -0.3 is 26.4 Å². The highest BCUT2D eigenvalue weighted by atomic mass is 16.5. The Morgan fingerprint density at radius 2 is 2.21 bits per heavy atom. The molecule has 9 nitrogen and oxygen atoms in total. The highest BCUT2D eigenvalue weighted by Gasteiger charge is 2.45. The molecule has 1 fully saturated rings. The van der Waals surface area contributed by atoms with E-state index in [-0.39, 0.29) is 12.4 Å². The van der Waals surface area contributed by atoms with E-state index >= 15 is 0 Å². The van der Waals surface area contributed by atoms with Gasteiger partial charge in [-0.05, 0) is 0 Å². The summed E-state index contributed by atoms with van der Waals surface area (Å²) in [6.45, 7) is -0.203. The predicted molar refractivity (Wildman–Crippen MR) is 63.4 cm³/mol. The van der Waals surface area contributed by atoms with Gasteiger partial charge in [0.25, 0.3) is 0 Å². The first-order valence-electron chi connectivity index (χ1n) is 5.84. The third-order valence-electron chi connectivity index (χ3n) is 3.36. The van der Waals surface area contributed by atoms with Crippen molar-refractivity contribution in [3.8, 4) is 0 Å². The topological polar surface area (TPSA) is 147 Å². The van der Waals surface area contributed by atoms with Crippen LogP contribution >= 0.6 is 0 Å². The number of fused-ring (bicyclic) bond motifs is 1. The molecule has 4 atom stereocenters. The molecule has 1 aliphatic heterocycles. The normalized spacial score (nSPS) is 31.1. The van der Waals surface area contributed by atoms with Crippen LogP contribution in [-0.2, 0) is 4.74 Å². The Morgan fingerprint density at radius 3 is 2.89 bits per heavy atom. The van der Waals surface area contributed by atoms with Gasteiger partial charge in [0.2, 0.25) is 0 Å². The standard InChI is InChI=1S/C10H14N6O3/c11-5-4(1-17)19-10(7(5)18)16-3-15-6-8(12)13-2-14-9(6)16/h2-5,7,10,17-18H,1,11H2,(H2,12,13,14)/p+1/t4-,5-,7-,10-/m1/s1.